The van der Waals surface area contributed by atoms with Crippen molar-refractivity contribution in [3.8, 4) is 5.75 Å². The minimum atomic E-state index is -0.349. The summed E-state index contributed by atoms with van der Waals surface area (Å²) in [5.74, 6) is 0.744. The summed E-state index contributed by atoms with van der Waals surface area (Å²) in [7, 11) is 1.59. The van der Waals surface area contributed by atoms with Crippen LogP contribution in [0.3, 0.4) is 0 Å². The van der Waals surface area contributed by atoms with Crippen molar-refractivity contribution in [2.45, 2.75) is 6.92 Å². The van der Waals surface area contributed by atoms with Gasteiger partial charge in [0.1, 0.15) is 5.75 Å². The number of nitrogens with one attached hydrogen (secondary N) is 3. The molecular weight excluding hydrogens is 308 g/mol. The Bertz CT molecular complexity index is 948. The number of amides is 1. The van der Waals surface area contributed by atoms with Crippen molar-refractivity contribution in [3.05, 3.63) is 52.8 Å². The molecule has 0 atom stereocenters. The molecule has 3 rings (SSSR count). The highest BCUT2D eigenvalue weighted by molar-refractivity contribution is 5.91. The Morgan fingerprint density at radius 2 is 1.83 bits per heavy atom. The lowest BCUT2D eigenvalue weighted by molar-refractivity contribution is -0.114. The van der Waals surface area contributed by atoms with Crippen LogP contribution in [0.25, 0.3) is 11.0 Å². The van der Waals surface area contributed by atoms with E-state index in [1.54, 1.807) is 49.6 Å². The molecule has 0 radical (unpaired) electrons. The van der Waals surface area contributed by atoms with E-state index in [1.807, 2.05) is 0 Å². The number of aromatic amines is 1. The molecule has 0 unspecified atom stereocenters. The molecule has 24 heavy (non-hydrogen) atoms. The zero-order chi connectivity index (χ0) is 17.1. The van der Waals surface area contributed by atoms with Crippen LogP contribution in [-0.4, -0.2) is 23.0 Å². The second-order valence-corrected chi connectivity index (χ2v) is 5.18. The number of hydrogen-bond donors (Lipinski definition) is 3. The molecule has 0 aliphatic heterocycles. The highest BCUT2D eigenvalue weighted by Crippen LogP contribution is 2.19. The molecule has 1 aromatic heterocycles. The lowest BCUT2D eigenvalue weighted by Crippen LogP contribution is -2.14. The third-order valence-electron chi connectivity index (χ3n) is 3.37. The Hall–Kier alpha value is -3.35. The minimum Gasteiger partial charge on any atom is -0.497 e. The van der Waals surface area contributed by atoms with Crippen LogP contribution < -0.4 is 20.9 Å². The van der Waals surface area contributed by atoms with Crippen LogP contribution >= 0.6 is 0 Å². The van der Waals surface area contributed by atoms with Crippen LogP contribution in [0.5, 0.6) is 5.75 Å². The molecule has 7 heteroatoms. The molecule has 0 saturated carbocycles. The van der Waals surface area contributed by atoms with E-state index >= 15 is 0 Å². The normalized spacial score (nSPS) is 10.4. The Labute approximate surface area is 137 Å². The van der Waals surface area contributed by atoms with E-state index in [2.05, 4.69) is 20.6 Å². The molecule has 1 amide bonds. The van der Waals surface area contributed by atoms with E-state index in [0.717, 1.165) is 11.4 Å². The van der Waals surface area contributed by atoms with Crippen molar-refractivity contribution in [2.75, 3.05) is 17.7 Å². The minimum absolute atomic E-state index is 0.178. The maximum absolute atomic E-state index is 12.2. The molecule has 0 spiro atoms. The number of anilines is 3. The van der Waals surface area contributed by atoms with Crippen LogP contribution in [-0.2, 0) is 4.79 Å². The first-order chi connectivity index (χ1) is 11.5. The number of methoxy groups -OCH3 is 1. The van der Waals surface area contributed by atoms with Gasteiger partial charge in [-0.25, -0.2) is 4.98 Å². The third-order valence-corrected chi connectivity index (χ3v) is 3.37. The van der Waals surface area contributed by atoms with E-state index in [1.165, 1.54) is 6.92 Å². The molecule has 3 aromatic rings. The van der Waals surface area contributed by atoms with Gasteiger partial charge in [-0.1, -0.05) is 0 Å². The summed E-state index contributed by atoms with van der Waals surface area (Å²) in [6, 6.07) is 12.3. The summed E-state index contributed by atoms with van der Waals surface area (Å²) in [6.07, 6.45) is 0. The van der Waals surface area contributed by atoms with Gasteiger partial charge in [0.15, 0.2) is 5.82 Å². The monoisotopic (exact) mass is 324 g/mol. The number of H-pyrrole nitrogens is 1. The third kappa shape index (κ3) is 3.35. The lowest BCUT2D eigenvalue weighted by atomic mass is 10.2. The van der Waals surface area contributed by atoms with Crippen molar-refractivity contribution in [2.24, 2.45) is 0 Å². The average Bonchev–Trinajstić information content (AvgIpc) is 2.56. The largest absolute Gasteiger partial charge is 0.497 e. The number of ether oxygens (including phenoxy) is 1. The molecule has 3 N–H and O–H groups in total. The van der Waals surface area contributed by atoms with Crippen molar-refractivity contribution in [1.82, 2.24) is 9.97 Å². The highest BCUT2D eigenvalue weighted by Gasteiger charge is 2.07. The zero-order valence-corrected chi connectivity index (χ0v) is 13.2. The first-order valence-corrected chi connectivity index (χ1v) is 7.28. The Balaban J connectivity index is 1.92. The quantitative estimate of drug-likeness (QED) is 0.685. The van der Waals surface area contributed by atoms with E-state index < -0.39 is 0 Å². The molecule has 122 valence electrons. The van der Waals surface area contributed by atoms with E-state index in [-0.39, 0.29) is 17.3 Å². The predicted molar refractivity (Wildman–Crippen MR) is 92.9 cm³/mol. The highest BCUT2D eigenvalue weighted by atomic mass is 16.5. The average molecular weight is 324 g/mol. The standard InChI is InChI=1S/C17H16N4O3/c1-10(22)18-12-5-8-14-15(9-12)21-17(23)16(20-14)19-11-3-6-13(24-2)7-4-11/h3-9H,1-2H3,(H,18,22)(H,19,20)(H,21,23). The van der Waals surface area contributed by atoms with Crippen LogP contribution in [0.15, 0.2) is 47.3 Å². The maximum atomic E-state index is 12.2. The summed E-state index contributed by atoms with van der Waals surface area (Å²) in [5, 5.41) is 5.65. The smallest absolute Gasteiger partial charge is 0.291 e. The summed E-state index contributed by atoms with van der Waals surface area (Å²) in [5.41, 5.74) is 2.14. The molecule has 1 heterocycles. The fraction of sp³-hybridized carbons (Fsp3) is 0.118. The second kappa shape index (κ2) is 6.41. The van der Waals surface area contributed by atoms with Gasteiger partial charge in [-0.2, -0.15) is 0 Å². The molecule has 0 aliphatic rings. The van der Waals surface area contributed by atoms with Gasteiger partial charge >= 0.3 is 0 Å². The second-order valence-electron chi connectivity index (χ2n) is 5.18. The van der Waals surface area contributed by atoms with E-state index in [4.69, 9.17) is 4.74 Å². The van der Waals surface area contributed by atoms with Crippen LogP contribution in [0.4, 0.5) is 17.2 Å². The molecule has 0 fully saturated rings. The number of carbonyl (C=O) groups is 1. The van der Waals surface area contributed by atoms with Gasteiger partial charge in [-0.05, 0) is 42.5 Å². The van der Waals surface area contributed by atoms with E-state index in [9.17, 15) is 9.59 Å². The van der Waals surface area contributed by atoms with Gasteiger partial charge in [0, 0.05) is 18.3 Å². The van der Waals surface area contributed by atoms with Gasteiger partial charge in [0.25, 0.3) is 5.56 Å². The van der Waals surface area contributed by atoms with Crippen molar-refractivity contribution >= 4 is 34.1 Å². The summed E-state index contributed by atoms with van der Waals surface area (Å²) < 4.78 is 5.10. The molecule has 0 aliphatic carbocycles. The first kappa shape index (κ1) is 15.5. The number of fused-ring (bicyclic) bond motifs is 1. The topological polar surface area (TPSA) is 96.1 Å². The SMILES string of the molecule is COc1ccc(Nc2nc3ccc(NC(C)=O)cc3[nH]c2=O)cc1. The van der Waals surface area contributed by atoms with Gasteiger partial charge in [-0.15, -0.1) is 0 Å². The van der Waals surface area contributed by atoms with Gasteiger partial charge in [0.2, 0.25) is 5.91 Å². The van der Waals surface area contributed by atoms with Crippen molar-refractivity contribution in [3.63, 3.8) is 0 Å². The number of nitrogens with zero attached hydrogens (tertiary/aromatic N) is 1. The molecule has 0 saturated heterocycles. The fourth-order valence-corrected chi connectivity index (χ4v) is 2.26. The molecule has 0 bridgehead atoms. The van der Waals surface area contributed by atoms with Crippen LogP contribution in [0, 0.1) is 0 Å². The van der Waals surface area contributed by atoms with Crippen LogP contribution in [0.2, 0.25) is 0 Å². The number of aromatic nitrogens is 2. The fourth-order valence-electron chi connectivity index (χ4n) is 2.26. The van der Waals surface area contributed by atoms with Crippen LogP contribution in [0.1, 0.15) is 6.92 Å². The number of carbonyl (C=O) groups excluding carboxylic acids is 1. The molecular formula is C17H16N4O3. The number of benzene rings is 2. The van der Waals surface area contributed by atoms with Gasteiger partial charge in [0.05, 0.1) is 18.1 Å². The van der Waals surface area contributed by atoms with Gasteiger partial charge in [-0.3, -0.25) is 9.59 Å². The summed E-state index contributed by atoms with van der Waals surface area (Å²) in [4.78, 5) is 30.4. The Morgan fingerprint density at radius 3 is 2.50 bits per heavy atom. The first-order valence-electron chi connectivity index (χ1n) is 7.28. The number of rotatable bonds is 4. The molecule has 7 nitrogen and oxygen atoms in total. The summed E-state index contributed by atoms with van der Waals surface area (Å²) >= 11 is 0. The van der Waals surface area contributed by atoms with E-state index in [0.29, 0.717) is 16.7 Å². The number of hydrogen-bond acceptors (Lipinski definition) is 5. The zero-order valence-electron chi connectivity index (χ0n) is 13.2. The summed E-state index contributed by atoms with van der Waals surface area (Å²) in [6.45, 7) is 1.42. The van der Waals surface area contributed by atoms with Crippen molar-refractivity contribution < 1.29 is 9.53 Å². The maximum Gasteiger partial charge on any atom is 0.291 e. The Kier molecular flexibility index (Phi) is 4.15. The van der Waals surface area contributed by atoms with Gasteiger partial charge < -0.3 is 20.4 Å². The lowest BCUT2D eigenvalue weighted by Gasteiger charge is -2.08. The Morgan fingerprint density at radius 1 is 1.12 bits per heavy atom. The van der Waals surface area contributed by atoms with Crippen molar-refractivity contribution in [1.29, 1.82) is 0 Å². The molecule has 2 aromatic carbocycles. The predicted octanol–water partition coefficient (Wildman–Crippen LogP) is 2.63.